The molecule has 1 nitrogen and oxygen atoms in total. The summed E-state index contributed by atoms with van der Waals surface area (Å²) in [6, 6.07) is 5.86. The molecule has 3 heteroatoms. The minimum absolute atomic E-state index is 0.126. The number of aliphatic hydroxyl groups is 1. The summed E-state index contributed by atoms with van der Waals surface area (Å²) >= 11 is 6.87. The van der Waals surface area contributed by atoms with E-state index < -0.39 is 6.10 Å². The summed E-state index contributed by atoms with van der Waals surface area (Å²) < 4.78 is 1.95. The van der Waals surface area contributed by atoms with Crippen molar-refractivity contribution >= 4 is 31.9 Å². The lowest BCUT2D eigenvalue weighted by atomic mass is 9.87. The van der Waals surface area contributed by atoms with E-state index in [1.165, 1.54) is 0 Å². The predicted octanol–water partition coefficient (Wildman–Crippen LogP) is 4.68. The van der Waals surface area contributed by atoms with E-state index in [4.69, 9.17) is 0 Å². The average molecular weight is 336 g/mol. The molecule has 0 amide bonds. The van der Waals surface area contributed by atoms with E-state index in [0.717, 1.165) is 20.9 Å². The third kappa shape index (κ3) is 4.25. The van der Waals surface area contributed by atoms with Gasteiger partial charge in [0, 0.05) is 8.95 Å². The quantitative estimate of drug-likeness (QED) is 0.831. The molecule has 1 aromatic carbocycles. The van der Waals surface area contributed by atoms with Crippen LogP contribution in [0.3, 0.4) is 0 Å². The maximum atomic E-state index is 10.1. The second-order valence-corrected chi connectivity index (χ2v) is 6.72. The molecule has 0 saturated carbocycles. The van der Waals surface area contributed by atoms with Crippen LogP contribution in [0.2, 0.25) is 0 Å². The maximum absolute atomic E-state index is 10.1. The van der Waals surface area contributed by atoms with Crippen molar-refractivity contribution in [2.75, 3.05) is 0 Å². The van der Waals surface area contributed by atoms with Crippen molar-refractivity contribution in [3.05, 3.63) is 32.7 Å². The van der Waals surface area contributed by atoms with E-state index in [0.29, 0.717) is 0 Å². The Hall–Kier alpha value is 0.140. The zero-order chi connectivity index (χ0) is 11.6. The van der Waals surface area contributed by atoms with Crippen molar-refractivity contribution in [1.29, 1.82) is 0 Å². The van der Waals surface area contributed by atoms with Gasteiger partial charge in [-0.15, -0.1) is 0 Å². The van der Waals surface area contributed by atoms with E-state index in [9.17, 15) is 5.11 Å². The van der Waals surface area contributed by atoms with Crippen molar-refractivity contribution in [2.24, 2.45) is 5.41 Å². The number of hydrogen-bond acceptors (Lipinski definition) is 1. The molecule has 0 bridgehead atoms. The van der Waals surface area contributed by atoms with Gasteiger partial charge in [-0.2, -0.15) is 0 Å². The van der Waals surface area contributed by atoms with Gasteiger partial charge in [-0.05, 0) is 35.6 Å². The highest BCUT2D eigenvalue weighted by Crippen LogP contribution is 2.34. The normalized spacial score (nSPS) is 14.0. The Bertz CT molecular complexity index is 342. The van der Waals surface area contributed by atoms with Gasteiger partial charge in [0.2, 0.25) is 0 Å². The lowest BCUT2D eigenvalue weighted by Gasteiger charge is -2.23. The Kier molecular flexibility index (Phi) is 4.38. The lowest BCUT2D eigenvalue weighted by Crippen LogP contribution is -2.12. The second-order valence-electron chi connectivity index (χ2n) is 4.95. The highest BCUT2D eigenvalue weighted by Gasteiger charge is 2.19. The first-order chi connectivity index (χ1) is 6.79. The predicted molar refractivity (Wildman–Crippen MR) is 70.9 cm³/mol. The van der Waals surface area contributed by atoms with Crippen LogP contribution in [0, 0.1) is 5.41 Å². The standard InChI is InChI=1S/C12H16Br2O/c1-12(2,3)7-11(15)9-6-8(13)4-5-10(9)14/h4-6,11,15H,7H2,1-3H3. The van der Waals surface area contributed by atoms with E-state index in [1.807, 2.05) is 18.2 Å². The van der Waals surface area contributed by atoms with E-state index in [2.05, 4.69) is 52.6 Å². The molecule has 1 atom stereocenters. The van der Waals surface area contributed by atoms with Gasteiger partial charge >= 0.3 is 0 Å². The summed E-state index contributed by atoms with van der Waals surface area (Å²) in [4.78, 5) is 0. The largest absolute Gasteiger partial charge is 0.388 e. The van der Waals surface area contributed by atoms with Gasteiger partial charge in [0.25, 0.3) is 0 Å². The topological polar surface area (TPSA) is 20.2 Å². The summed E-state index contributed by atoms with van der Waals surface area (Å²) in [5.74, 6) is 0. The summed E-state index contributed by atoms with van der Waals surface area (Å²) in [7, 11) is 0. The molecular weight excluding hydrogens is 320 g/mol. The maximum Gasteiger partial charge on any atom is 0.0806 e. The van der Waals surface area contributed by atoms with Crippen LogP contribution in [0.5, 0.6) is 0 Å². The van der Waals surface area contributed by atoms with Gasteiger partial charge in [0.05, 0.1) is 6.10 Å². The molecule has 0 saturated heterocycles. The minimum atomic E-state index is -0.420. The molecule has 1 aromatic rings. The van der Waals surface area contributed by atoms with Crippen molar-refractivity contribution < 1.29 is 5.11 Å². The average Bonchev–Trinajstić information content (AvgIpc) is 2.06. The van der Waals surface area contributed by atoms with E-state index in [-0.39, 0.29) is 5.41 Å². The Morgan fingerprint density at radius 3 is 2.40 bits per heavy atom. The van der Waals surface area contributed by atoms with Crippen molar-refractivity contribution in [3.8, 4) is 0 Å². The van der Waals surface area contributed by atoms with Gasteiger partial charge in [-0.3, -0.25) is 0 Å². The molecule has 0 heterocycles. The minimum Gasteiger partial charge on any atom is -0.388 e. The fourth-order valence-electron chi connectivity index (χ4n) is 1.46. The summed E-state index contributed by atoms with van der Waals surface area (Å²) in [6.45, 7) is 6.38. The van der Waals surface area contributed by atoms with Crippen LogP contribution in [-0.2, 0) is 0 Å². The van der Waals surface area contributed by atoms with Crippen molar-refractivity contribution in [1.82, 2.24) is 0 Å². The highest BCUT2D eigenvalue weighted by atomic mass is 79.9. The van der Waals surface area contributed by atoms with Crippen LogP contribution in [-0.4, -0.2) is 5.11 Å². The number of aliphatic hydroxyl groups excluding tert-OH is 1. The fraction of sp³-hybridized carbons (Fsp3) is 0.500. The Morgan fingerprint density at radius 1 is 1.27 bits per heavy atom. The molecule has 15 heavy (non-hydrogen) atoms. The zero-order valence-electron chi connectivity index (χ0n) is 9.22. The molecule has 0 radical (unpaired) electrons. The number of benzene rings is 1. The van der Waals surface area contributed by atoms with Gasteiger partial charge in [-0.1, -0.05) is 52.6 Å². The fourth-order valence-corrected chi connectivity index (χ4v) is 2.35. The smallest absolute Gasteiger partial charge is 0.0806 e. The molecule has 1 unspecified atom stereocenters. The number of hydrogen-bond donors (Lipinski definition) is 1. The Labute approximate surface area is 108 Å². The lowest BCUT2D eigenvalue weighted by molar-refractivity contribution is 0.121. The Balaban J connectivity index is 2.90. The molecule has 0 spiro atoms. The zero-order valence-corrected chi connectivity index (χ0v) is 12.4. The first kappa shape index (κ1) is 13.2. The molecule has 1 N–H and O–H groups in total. The summed E-state index contributed by atoms with van der Waals surface area (Å²) in [6.07, 6.45) is 0.332. The molecule has 1 rings (SSSR count). The number of halogens is 2. The van der Waals surface area contributed by atoms with Crippen LogP contribution in [0.15, 0.2) is 27.1 Å². The van der Waals surface area contributed by atoms with Crippen LogP contribution >= 0.6 is 31.9 Å². The molecule has 0 aliphatic heterocycles. The van der Waals surface area contributed by atoms with Gasteiger partial charge < -0.3 is 5.11 Å². The van der Waals surface area contributed by atoms with Crippen LogP contribution in [0.25, 0.3) is 0 Å². The van der Waals surface area contributed by atoms with E-state index >= 15 is 0 Å². The summed E-state index contributed by atoms with van der Waals surface area (Å²) in [5.41, 5.74) is 1.07. The summed E-state index contributed by atoms with van der Waals surface area (Å²) in [5, 5.41) is 10.1. The van der Waals surface area contributed by atoms with Crippen molar-refractivity contribution in [2.45, 2.75) is 33.3 Å². The van der Waals surface area contributed by atoms with Gasteiger partial charge in [0.15, 0.2) is 0 Å². The molecule has 0 aromatic heterocycles. The van der Waals surface area contributed by atoms with Gasteiger partial charge in [0.1, 0.15) is 0 Å². The molecule has 0 aliphatic rings. The first-order valence-electron chi connectivity index (χ1n) is 4.92. The van der Waals surface area contributed by atoms with Crippen LogP contribution in [0.4, 0.5) is 0 Å². The number of rotatable bonds is 2. The molecule has 0 fully saturated rings. The third-order valence-corrected chi connectivity index (χ3v) is 3.34. The SMILES string of the molecule is CC(C)(C)CC(O)c1cc(Br)ccc1Br. The van der Waals surface area contributed by atoms with Crippen LogP contribution < -0.4 is 0 Å². The second kappa shape index (κ2) is 4.98. The van der Waals surface area contributed by atoms with Gasteiger partial charge in [-0.25, -0.2) is 0 Å². The molecule has 0 aliphatic carbocycles. The monoisotopic (exact) mass is 334 g/mol. The van der Waals surface area contributed by atoms with Crippen LogP contribution in [0.1, 0.15) is 38.9 Å². The molecule has 84 valence electrons. The third-order valence-electron chi connectivity index (χ3n) is 2.12. The highest BCUT2D eigenvalue weighted by molar-refractivity contribution is 9.11. The molecular formula is C12H16Br2O. The Morgan fingerprint density at radius 2 is 1.87 bits per heavy atom. The first-order valence-corrected chi connectivity index (χ1v) is 6.51. The van der Waals surface area contributed by atoms with E-state index in [1.54, 1.807) is 0 Å². The van der Waals surface area contributed by atoms with Crippen molar-refractivity contribution in [3.63, 3.8) is 0 Å².